The van der Waals surface area contributed by atoms with Gasteiger partial charge in [0.25, 0.3) is 0 Å². The fourth-order valence-electron chi connectivity index (χ4n) is 4.32. The number of methoxy groups -OCH3 is 1. The van der Waals surface area contributed by atoms with E-state index in [1.807, 2.05) is 0 Å². The zero-order valence-electron chi connectivity index (χ0n) is 20.4. The number of nitrogens with two attached hydrogens (primary N) is 1. The Morgan fingerprint density at radius 3 is 2.50 bits per heavy atom. The first kappa shape index (κ1) is 25.5. The number of hydrogen-bond acceptors (Lipinski definition) is 9. The first-order valence-electron chi connectivity index (χ1n) is 11.3. The summed E-state index contributed by atoms with van der Waals surface area (Å²) >= 11 is 0. The van der Waals surface area contributed by atoms with Gasteiger partial charge in [0.1, 0.15) is 22.3 Å². The summed E-state index contributed by atoms with van der Waals surface area (Å²) in [7, 11) is -0.559. The highest BCUT2D eigenvalue weighted by Gasteiger charge is 2.33. The quantitative estimate of drug-likeness (QED) is 0.450. The molecule has 3 N–H and O–H groups in total. The Morgan fingerprint density at radius 1 is 1.22 bits per heavy atom. The summed E-state index contributed by atoms with van der Waals surface area (Å²) in [6.07, 6.45) is 2.34. The van der Waals surface area contributed by atoms with Gasteiger partial charge in [0.15, 0.2) is 0 Å². The number of carbonyl (C=O) groups is 1. The van der Waals surface area contributed by atoms with Crippen LogP contribution in [-0.4, -0.2) is 64.5 Å². The van der Waals surface area contributed by atoms with Gasteiger partial charge in [0.05, 0.1) is 29.6 Å². The van der Waals surface area contributed by atoms with E-state index >= 15 is 0 Å². The molecule has 0 saturated carbocycles. The summed E-state index contributed by atoms with van der Waals surface area (Å²) in [6.45, 7) is 4.06. The topological polar surface area (TPSA) is 145 Å². The summed E-state index contributed by atoms with van der Waals surface area (Å²) in [5.74, 6) is -0.780. The number of nitrogens with zero attached hydrogens (tertiary/aromatic N) is 5. The lowest BCUT2D eigenvalue weighted by atomic mass is 10.0. The zero-order valence-corrected chi connectivity index (χ0v) is 21.3. The van der Waals surface area contributed by atoms with Gasteiger partial charge >= 0.3 is 0 Å². The number of ether oxygens (including phenoxy) is 1. The van der Waals surface area contributed by atoms with Gasteiger partial charge in [-0.15, -0.1) is 0 Å². The van der Waals surface area contributed by atoms with E-state index in [0.717, 1.165) is 6.07 Å². The number of ketones is 1. The molecular weight excluding hydrogens is 489 g/mol. The molecule has 1 aliphatic rings. The number of hydrogen-bond donors (Lipinski definition) is 2. The van der Waals surface area contributed by atoms with Gasteiger partial charge in [-0.3, -0.25) is 9.48 Å². The molecule has 3 aromatic rings. The minimum atomic E-state index is -3.66. The Kier molecular flexibility index (Phi) is 6.96. The Balaban J connectivity index is 1.44. The third kappa shape index (κ3) is 4.75. The molecule has 0 spiro atoms. The number of nitrogens with one attached hydrogen (secondary N) is 1. The molecule has 1 aliphatic heterocycles. The van der Waals surface area contributed by atoms with Crippen LogP contribution in [0, 0.1) is 19.7 Å². The summed E-state index contributed by atoms with van der Waals surface area (Å²) in [5.41, 5.74) is 7.14. The molecule has 36 heavy (non-hydrogen) atoms. The largest absolute Gasteiger partial charge is 0.496 e. The number of benzene rings is 1. The van der Waals surface area contributed by atoms with Crippen LogP contribution >= 0.6 is 0 Å². The molecule has 1 aromatic carbocycles. The molecule has 1 fully saturated rings. The van der Waals surface area contributed by atoms with E-state index < -0.39 is 21.6 Å². The van der Waals surface area contributed by atoms with E-state index in [1.54, 1.807) is 25.6 Å². The van der Waals surface area contributed by atoms with Crippen LogP contribution in [0.4, 0.5) is 16.2 Å². The number of anilines is 2. The van der Waals surface area contributed by atoms with E-state index in [-0.39, 0.29) is 39.6 Å². The predicted octanol–water partition coefficient (Wildman–Crippen LogP) is 2.05. The summed E-state index contributed by atoms with van der Waals surface area (Å²) in [4.78, 5) is 21.5. The van der Waals surface area contributed by atoms with Crippen molar-refractivity contribution in [2.45, 2.75) is 37.6 Å². The molecule has 0 bridgehead atoms. The second kappa shape index (κ2) is 9.82. The lowest BCUT2D eigenvalue weighted by molar-refractivity contribution is 0.103. The van der Waals surface area contributed by atoms with Gasteiger partial charge < -0.3 is 15.8 Å². The van der Waals surface area contributed by atoms with Crippen molar-refractivity contribution in [2.75, 3.05) is 31.2 Å². The van der Waals surface area contributed by atoms with Gasteiger partial charge in [-0.25, -0.2) is 17.8 Å². The minimum Gasteiger partial charge on any atom is -0.496 e. The summed E-state index contributed by atoms with van der Waals surface area (Å²) in [6, 6.07) is 3.54. The van der Waals surface area contributed by atoms with Gasteiger partial charge in [-0.1, -0.05) is 0 Å². The van der Waals surface area contributed by atoms with Gasteiger partial charge in [0, 0.05) is 32.4 Å². The molecule has 0 amide bonds. The standard InChI is InChI=1S/C23H28FN7O4S/c1-13-21(14(2)30(3)29-13)36(33,34)31-9-7-16(8-10-31)27-23-26-12-18(22(25)28-23)20(32)17-11-15(24)5-6-19(17)35-4/h5-6,11-12,16H,7-10H2,1-4H3,(H3,25,26,27,28). The maximum atomic E-state index is 13.7. The lowest BCUT2D eigenvalue weighted by Crippen LogP contribution is -2.42. The van der Waals surface area contributed by atoms with Crippen molar-refractivity contribution in [3.05, 3.63) is 52.7 Å². The van der Waals surface area contributed by atoms with E-state index in [2.05, 4.69) is 20.4 Å². The Bertz CT molecular complexity index is 1420. The van der Waals surface area contributed by atoms with Crippen molar-refractivity contribution in [3.63, 3.8) is 0 Å². The Hall–Kier alpha value is -3.58. The molecule has 11 nitrogen and oxygen atoms in total. The number of rotatable bonds is 7. The maximum Gasteiger partial charge on any atom is 0.246 e. The Morgan fingerprint density at radius 2 is 1.92 bits per heavy atom. The number of halogens is 1. The third-order valence-electron chi connectivity index (χ3n) is 6.30. The summed E-state index contributed by atoms with van der Waals surface area (Å²) < 4.78 is 48.2. The van der Waals surface area contributed by atoms with Crippen LogP contribution in [0.3, 0.4) is 0 Å². The third-order valence-corrected chi connectivity index (χ3v) is 8.45. The fraction of sp³-hybridized carbons (Fsp3) is 0.391. The van der Waals surface area contributed by atoms with Crippen LogP contribution in [0.15, 0.2) is 29.3 Å². The number of aryl methyl sites for hydroxylation is 2. The molecule has 2 aromatic heterocycles. The van der Waals surface area contributed by atoms with E-state index in [1.165, 1.54) is 29.7 Å². The molecule has 0 atom stereocenters. The number of nitrogen functional groups attached to an aromatic ring is 1. The predicted molar refractivity (Wildman–Crippen MR) is 131 cm³/mol. The van der Waals surface area contributed by atoms with Crippen LogP contribution < -0.4 is 15.8 Å². The zero-order chi connectivity index (χ0) is 26.2. The molecular formula is C23H28FN7O4S. The highest BCUT2D eigenvalue weighted by atomic mass is 32.2. The maximum absolute atomic E-state index is 13.7. The molecule has 1 saturated heterocycles. The molecule has 0 unspecified atom stereocenters. The molecule has 4 rings (SSSR count). The molecule has 13 heteroatoms. The highest BCUT2D eigenvalue weighted by molar-refractivity contribution is 7.89. The lowest BCUT2D eigenvalue weighted by Gasteiger charge is -2.31. The number of sulfonamides is 1. The first-order chi connectivity index (χ1) is 17.0. The van der Waals surface area contributed by atoms with Crippen molar-refractivity contribution >= 4 is 27.6 Å². The van der Waals surface area contributed by atoms with Crippen molar-refractivity contribution < 1.29 is 22.3 Å². The monoisotopic (exact) mass is 517 g/mol. The second-order valence-electron chi connectivity index (χ2n) is 8.61. The molecule has 3 heterocycles. The van der Waals surface area contributed by atoms with Gasteiger partial charge in [-0.05, 0) is 44.9 Å². The smallest absolute Gasteiger partial charge is 0.246 e. The average Bonchev–Trinajstić information content (AvgIpc) is 3.10. The summed E-state index contributed by atoms with van der Waals surface area (Å²) in [5, 5.41) is 7.39. The first-order valence-corrected chi connectivity index (χ1v) is 12.7. The van der Waals surface area contributed by atoms with Gasteiger partial charge in [0.2, 0.25) is 21.8 Å². The van der Waals surface area contributed by atoms with Crippen molar-refractivity contribution in [1.29, 1.82) is 0 Å². The van der Waals surface area contributed by atoms with Crippen molar-refractivity contribution in [3.8, 4) is 5.75 Å². The molecule has 0 radical (unpaired) electrons. The molecule has 192 valence electrons. The number of piperidine rings is 1. The fourth-order valence-corrected chi connectivity index (χ4v) is 6.19. The van der Waals surface area contributed by atoms with Crippen molar-refractivity contribution in [1.82, 2.24) is 24.1 Å². The van der Waals surface area contributed by atoms with Crippen LogP contribution in [0.1, 0.15) is 40.2 Å². The molecule has 0 aliphatic carbocycles. The van der Waals surface area contributed by atoms with Crippen molar-refractivity contribution in [2.24, 2.45) is 7.05 Å². The number of aromatic nitrogens is 4. The van der Waals surface area contributed by atoms with Gasteiger partial charge in [-0.2, -0.15) is 14.4 Å². The van der Waals surface area contributed by atoms with E-state index in [4.69, 9.17) is 10.5 Å². The van der Waals surface area contributed by atoms with Crippen LogP contribution in [-0.2, 0) is 17.1 Å². The van der Waals surface area contributed by atoms with Crippen LogP contribution in [0.25, 0.3) is 0 Å². The number of carbonyl (C=O) groups excluding carboxylic acids is 1. The van der Waals surface area contributed by atoms with Crippen LogP contribution in [0.5, 0.6) is 5.75 Å². The van der Waals surface area contributed by atoms with E-state index in [9.17, 15) is 17.6 Å². The minimum absolute atomic E-state index is 0.0150. The normalized spacial score (nSPS) is 15.1. The average molecular weight is 518 g/mol. The highest BCUT2D eigenvalue weighted by Crippen LogP contribution is 2.27. The Labute approximate surface area is 208 Å². The van der Waals surface area contributed by atoms with Crippen LogP contribution in [0.2, 0.25) is 0 Å². The SMILES string of the molecule is COc1ccc(F)cc1C(=O)c1cnc(NC2CCN(S(=O)(=O)c3c(C)nn(C)c3C)CC2)nc1N. The van der Waals surface area contributed by atoms with E-state index in [0.29, 0.717) is 37.3 Å². The second-order valence-corrected chi connectivity index (χ2v) is 10.5.